The van der Waals surface area contributed by atoms with E-state index in [1.54, 1.807) is 4.68 Å². The smallest absolute Gasteiger partial charge is 0.226 e. The van der Waals surface area contributed by atoms with Crippen LogP contribution in [0.5, 0.6) is 0 Å². The molecule has 0 unspecified atom stereocenters. The van der Waals surface area contributed by atoms with Gasteiger partial charge < -0.3 is 10.6 Å². The Morgan fingerprint density at radius 3 is 2.58 bits per heavy atom. The fraction of sp³-hybridized carbons (Fsp3) is 0.692. The van der Waals surface area contributed by atoms with E-state index in [9.17, 15) is 4.79 Å². The molecule has 1 aromatic rings. The molecule has 0 atom stereocenters. The molecule has 0 radical (unpaired) electrons. The van der Waals surface area contributed by atoms with Crippen molar-refractivity contribution in [1.82, 2.24) is 15.1 Å². The zero-order valence-electron chi connectivity index (χ0n) is 12.4. The van der Waals surface area contributed by atoms with E-state index in [-0.39, 0.29) is 23.7 Å². The van der Waals surface area contributed by atoms with Crippen LogP contribution in [0, 0.1) is 5.41 Å². The number of rotatable bonds is 5. The fourth-order valence-electron chi connectivity index (χ4n) is 1.72. The molecule has 2 N–H and O–H groups in total. The number of halogens is 1. The summed E-state index contributed by atoms with van der Waals surface area (Å²) in [6, 6.07) is 1.95. The van der Waals surface area contributed by atoms with Crippen LogP contribution >= 0.6 is 12.4 Å². The van der Waals surface area contributed by atoms with Gasteiger partial charge in [-0.05, 0) is 18.9 Å². The van der Waals surface area contributed by atoms with Crippen molar-refractivity contribution in [2.45, 2.75) is 33.6 Å². The van der Waals surface area contributed by atoms with Crippen LogP contribution in [0.2, 0.25) is 0 Å². The van der Waals surface area contributed by atoms with Crippen LogP contribution < -0.4 is 10.6 Å². The molecule has 1 heterocycles. The molecule has 5 nitrogen and oxygen atoms in total. The highest BCUT2D eigenvalue weighted by Gasteiger charge is 2.15. The van der Waals surface area contributed by atoms with Gasteiger partial charge in [0.25, 0.3) is 0 Å². The summed E-state index contributed by atoms with van der Waals surface area (Å²) < 4.78 is 1.72. The molecule has 1 amide bonds. The van der Waals surface area contributed by atoms with Crippen LogP contribution in [0.15, 0.2) is 6.07 Å². The van der Waals surface area contributed by atoms with Crippen molar-refractivity contribution in [3.8, 4) is 0 Å². The zero-order valence-corrected chi connectivity index (χ0v) is 13.2. The highest BCUT2D eigenvalue weighted by atomic mass is 35.5. The average molecular weight is 289 g/mol. The third-order valence-electron chi connectivity index (χ3n) is 2.51. The Bertz CT molecular complexity index is 409. The largest absolute Gasteiger partial charge is 0.319 e. The Kier molecular flexibility index (Phi) is 7.08. The normalized spacial score (nSPS) is 11.0. The molecule has 0 fully saturated rings. The van der Waals surface area contributed by atoms with Crippen molar-refractivity contribution in [3.63, 3.8) is 0 Å². The van der Waals surface area contributed by atoms with E-state index in [1.165, 1.54) is 0 Å². The molecule has 110 valence electrons. The average Bonchev–Trinajstić information content (AvgIpc) is 2.53. The fourth-order valence-corrected chi connectivity index (χ4v) is 1.72. The molecule has 6 heteroatoms. The van der Waals surface area contributed by atoms with Crippen LogP contribution in [-0.2, 0) is 18.3 Å². The van der Waals surface area contributed by atoms with Crippen molar-refractivity contribution < 1.29 is 4.79 Å². The van der Waals surface area contributed by atoms with Gasteiger partial charge in [0.15, 0.2) is 0 Å². The van der Waals surface area contributed by atoms with Gasteiger partial charge in [-0.1, -0.05) is 20.8 Å². The first-order valence-electron chi connectivity index (χ1n) is 6.29. The van der Waals surface area contributed by atoms with Crippen molar-refractivity contribution in [2.24, 2.45) is 12.5 Å². The van der Waals surface area contributed by atoms with Gasteiger partial charge >= 0.3 is 0 Å². The lowest BCUT2D eigenvalue weighted by atomic mass is 9.91. The van der Waals surface area contributed by atoms with Gasteiger partial charge in [-0.25, -0.2) is 0 Å². The minimum Gasteiger partial charge on any atom is -0.319 e. The number of carbonyl (C=O) groups is 1. The molecule has 0 saturated carbocycles. The zero-order chi connectivity index (χ0) is 13.8. The third-order valence-corrected chi connectivity index (χ3v) is 2.51. The van der Waals surface area contributed by atoms with Crippen LogP contribution in [0.1, 0.15) is 32.9 Å². The molecule has 0 aliphatic rings. The van der Waals surface area contributed by atoms with Gasteiger partial charge in [0.1, 0.15) is 5.82 Å². The lowest BCUT2D eigenvalue weighted by molar-refractivity contribution is -0.116. The van der Waals surface area contributed by atoms with Gasteiger partial charge in [-0.15, -0.1) is 12.4 Å². The summed E-state index contributed by atoms with van der Waals surface area (Å²) in [6.45, 7) is 7.20. The Labute approximate surface area is 121 Å². The number of nitrogens with one attached hydrogen (secondary N) is 2. The molecule has 0 aliphatic heterocycles. The number of hydrogen-bond donors (Lipinski definition) is 2. The SMILES string of the molecule is CNCCC(=O)Nc1cc(CC(C)(C)C)nn1C.Cl. The van der Waals surface area contributed by atoms with Crippen molar-refractivity contribution in [2.75, 3.05) is 18.9 Å². The number of anilines is 1. The van der Waals surface area contributed by atoms with E-state index < -0.39 is 0 Å². The quantitative estimate of drug-likeness (QED) is 0.871. The number of nitrogens with zero attached hydrogens (tertiary/aromatic N) is 2. The molecular formula is C13H25ClN4O. The molecule has 19 heavy (non-hydrogen) atoms. The maximum absolute atomic E-state index is 11.6. The van der Waals surface area contributed by atoms with Crippen molar-refractivity contribution in [1.29, 1.82) is 0 Å². The summed E-state index contributed by atoms with van der Waals surface area (Å²) in [7, 11) is 3.68. The van der Waals surface area contributed by atoms with E-state index in [0.29, 0.717) is 13.0 Å². The number of aryl methyl sites for hydroxylation is 1. The molecule has 0 aliphatic carbocycles. The Hall–Kier alpha value is -1.07. The molecule has 0 saturated heterocycles. The summed E-state index contributed by atoms with van der Waals surface area (Å²) >= 11 is 0. The third kappa shape index (κ3) is 6.59. The van der Waals surface area contributed by atoms with Gasteiger partial charge in [-0.2, -0.15) is 5.10 Å². The van der Waals surface area contributed by atoms with E-state index in [0.717, 1.165) is 17.9 Å². The number of amides is 1. The van der Waals surface area contributed by atoms with Crippen LogP contribution in [0.4, 0.5) is 5.82 Å². The van der Waals surface area contributed by atoms with E-state index in [4.69, 9.17) is 0 Å². The summed E-state index contributed by atoms with van der Waals surface area (Å²) in [5.41, 5.74) is 1.20. The highest BCUT2D eigenvalue weighted by molar-refractivity contribution is 5.90. The summed E-state index contributed by atoms with van der Waals surface area (Å²) in [6.07, 6.45) is 1.36. The lowest BCUT2D eigenvalue weighted by Gasteiger charge is -2.15. The van der Waals surface area contributed by atoms with Crippen LogP contribution in [0.3, 0.4) is 0 Å². The minimum atomic E-state index is 0. The molecule has 0 aromatic carbocycles. The first-order valence-corrected chi connectivity index (χ1v) is 6.29. The minimum absolute atomic E-state index is 0. The van der Waals surface area contributed by atoms with Gasteiger partial charge in [0.05, 0.1) is 5.69 Å². The van der Waals surface area contributed by atoms with Crippen LogP contribution in [-0.4, -0.2) is 29.3 Å². The monoisotopic (exact) mass is 288 g/mol. The number of aromatic nitrogens is 2. The first-order chi connectivity index (χ1) is 8.31. The number of hydrogen-bond acceptors (Lipinski definition) is 3. The highest BCUT2D eigenvalue weighted by Crippen LogP contribution is 2.21. The lowest BCUT2D eigenvalue weighted by Crippen LogP contribution is -2.19. The van der Waals surface area contributed by atoms with Gasteiger partial charge in [0.2, 0.25) is 5.91 Å². The second kappa shape index (κ2) is 7.50. The molecule has 0 spiro atoms. The van der Waals surface area contributed by atoms with Gasteiger partial charge in [0, 0.05) is 26.1 Å². The Morgan fingerprint density at radius 1 is 1.42 bits per heavy atom. The summed E-state index contributed by atoms with van der Waals surface area (Å²) in [5, 5.41) is 10.2. The summed E-state index contributed by atoms with van der Waals surface area (Å²) in [5.74, 6) is 0.769. The van der Waals surface area contributed by atoms with Crippen molar-refractivity contribution >= 4 is 24.1 Å². The second-order valence-corrected chi connectivity index (χ2v) is 5.78. The second-order valence-electron chi connectivity index (χ2n) is 5.78. The van der Waals surface area contributed by atoms with E-state index >= 15 is 0 Å². The maximum atomic E-state index is 11.6. The first kappa shape index (κ1) is 17.9. The summed E-state index contributed by atoms with van der Waals surface area (Å²) in [4.78, 5) is 11.6. The van der Waals surface area contributed by atoms with Crippen LogP contribution in [0.25, 0.3) is 0 Å². The van der Waals surface area contributed by atoms with E-state index in [1.807, 2.05) is 20.2 Å². The maximum Gasteiger partial charge on any atom is 0.226 e. The van der Waals surface area contributed by atoms with Gasteiger partial charge in [-0.3, -0.25) is 9.48 Å². The molecule has 1 rings (SSSR count). The number of carbonyl (C=O) groups excluding carboxylic acids is 1. The predicted octanol–water partition coefficient (Wildman–Crippen LogP) is 1.98. The van der Waals surface area contributed by atoms with Crippen molar-refractivity contribution in [3.05, 3.63) is 11.8 Å². The topological polar surface area (TPSA) is 59.0 Å². The van der Waals surface area contributed by atoms with E-state index in [2.05, 4.69) is 36.5 Å². The Balaban J connectivity index is 0.00000324. The molecule has 0 bridgehead atoms. The molecule has 1 aromatic heterocycles. The standard InChI is InChI=1S/C13H24N4O.ClH/c1-13(2,3)9-10-8-11(17(5)16-10)15-12(18)6-7-14-4;/h8,14H,6-7,9H2,1-5H3,(H,15,18);1H. The Morgan fingerprint density at radius 2 is 2.05 bits per heavy atom. The predicted molar refractivity (Wildman–Crippen MR) is 80.8 cm³/mol. The molecular weight excluding hydrogens is 264 g/mol.